The highest BCUT2D eigenvalue weighted by atomic mass is 16.3. The van der Waals surface area contributed by atoms with E-state index in [4.69, 9.17) is 9.52 Å². The van der Waals surface area contributed by atoms with Crippen molar-refractivity contribution in [2.75, 3.05) is 13.1 Å². The van der Waals surface area contributed by atoms with Crippen LogP contribution >= 0.6 is 0 Å². The molecule has 35 heavy (non-hydrogen) atoms. The molecule has 0 saturated carbocycles. The van der Waals surface area contributed by atoms with Crippen molar-refractivity contribution in [3.05, 3.63) is 95.6 Å². The number of amides is 2. The number of piperidine rings is 1. The number of aryl methyl sites for hydroxylation is 2. The van der Waals surface area contributed by atoms with Gasteiger partial charge in [0, 0.05) is 30.9 Å². The van der Waals surface area contributed by atoms with Crippen LogP contribution in [-0.4, -0.2) is 45.6 Å². The van der Waals surface area contributed by atoms with Crippen molar-refractivity contribution in [3.8, 4) is 16.9 Å². The number of carbonyl (C=O) groups excluding carboxylic acids is 2. The first kappa shape index (κ1) is 22.7. The second-order valence-electron chi connectivity index (χ2n) is 9.01. The molecule has 2 aromatic carbocycles. The summed E-state index contributed by atoms with van der Waals surface area (Å²) >= 11 is 0. The predicted octanol–water partition coefficient (Wildman–Crippen LogP) is 4.78. The van der Waals surface area contributed by atoms with Crippen LogP contribution in [0.2, 0.25) is 0 Å². The summed E-state index contributed by atoms with van der Waals surface area (Å²) in [6.07, 6.45) is 4.67. The quantitative estimate of drug-likeness (QED) is 0.457. The normalized spacial score (nSPS) is 14.2. The van der Waals surface area contributed by atoms with Crippen LogP contribution < -0.4 is 5.32 Å². The minimum Gasteiger partial charge on any atom is -0.459 e. The maximum atomic E-state index is 13.5. The Morgan fingerprint density at radius 2 is 1.77 bits per heavy atom. The fraction of sp³-hybridized carbons (Fsp3) is 0.250. The molecule has 0 atom stereocenters. The highest BCUT2D eigenvalue weighted by molar-refractivity contribution is 6.00. The van der Waals surface area contributed by atoms with Crippen molar-refractivity contribution >= 4 is 11.8 Å². The summed E-state index contributed by atoms with van der Waals surface area (Å²) in [5.74, 6) is 0.0814. The number of furan rings is 1. The monoisotopic (exact) mass is 468 g/mol. The fourth-order valence-electron chi connectivity index (χ4n) is 4.58. The molecule has 0 radical (unpaired) electrons. The second kappa shape index (κ2) is 9.62. The van der Waals surface area contributed by atoms with Crippen LogP contribution in [0.5, 0.6) is 0 Å². The van der Waals surface area contributed by atoms with Crippen LogP contribution in [-0.2, 0) is 0 Å². The third kappa shape index (κ3) is 4.75. The smallest absolute Gasteiger partial charge is 0.289 e. The number of nitrogens with one attached hydrogen (secondary N) is 1. The Kier molecular flexibility index (Phi) is 6.23. The second-order valence-corrected chi connectivity index (χ2v) is 9.01. The number of carbonyl (C=O) groups is 2. The van der Waals surface area contributed by atoms with Gasteiger partial charge < -0.3 is 14.6 Å². The molecule has 0 spiro atoms. The molecule has 1 N–H and O–H groups in total. The number of hydrogen-bond acceptors (Lipinski definition) is 4. The number of benzene rings is 2. The first-order valence-electron chi connectivity index (χ1n) is 11.9. The lowest BCUT2D eigenvalue weighted by Gasteiger charge is -2.31. The van der Waals surface area contributed by atoms with E-state index in [9.17, 15) is 9.59 Å². The molecule has 2 aromatic heterocycles. The van der Waals surface area contributed by atoms with Gasteiger partial charge in [-0.2, -0.15) is 5.10 Å². The summed E-state index contributed by atoms with van der Waals surface area (Å²) in [5.41, 5.74) is 5.26. The van der Waals surface area contributed by atoms with Gasteiger partial charge in [-0.05, 0) is 56.5 Å². The minimum atomic E-state index is -0.155. The van der Waals surface area contributed by atoms with Crippen molar-refractivity contribution < 1.29 is 14.0 Å². The average molecular weight is 469 g/mol. The van der Waals surface area contributed by atoms with Gasteiger partial charge >= 0.3 is 0 Å². The van der Waals surface area contributed by atoms with Crippen molar-refractivity contribution in [2.45, 2.75) is 32.7 Å². The van der Waals surface area contributed by atoms with Crippen LogP contribution in [0.15, 0.2) is 77.5 Å². The molecule has 178 valence electrons. The zero-order valence-electron chi connectivity index (χ0n) is 19.9. The van der Waals surface area contributed by atoms with E-state index in [-0.39, 0.29) is 17.9 Å². The van der Waals surface area contributed by atoms with Gasteiger partial charge in [0.25, 0.3) is 11.8 Å². The molecular weight excluding hydrogens is 440 g/mol. The van der Waals surface area contributed by atoms with Gasteiger partial charge in [0.15, 0.2) is 5.76 Å². The van der Waals surface area contributed by atoms with Gasteiger partial charge in [-0.3, -0.25) is 9.59 Å². The zero-order valence-corrected chi connectivity index (χ0v) is 19.9. The van der Waals surface area contributed by atoms with Gasteiger partial charge in [-0.1, -0.05) is 42.0 Å². The van der Waals surface area contributed by atoms with Crippen LogP contribution in [0.1, 0.15) is 44.9 Å². The van der Waals surface area contributed by atoms with Gasteiger partial charge in [0.1, 0.15) is 5.69 Å². The van der Waals surface area contributed by atoms with E-state index < -0.39 is 0 Å². The van der Waals surface area contributed by atoms with Crippen molar-refractivity contribution in [3.63, 3.8) is 0 Å². The maximum Gasteiger partial charge on any atom is 0.289 e. The topological polar surface area (TPSA) is 80.4 Å². The van der Waals surface area contributed by atoms with Gasteiger partial charge in [0.2, 0.25) is 0 Å². The van der Waals surface area contributed by atoms with E-state index in [1.807, 2.05) is 49.4 Å². The lowest BCUT2D eigenvalue weighted by atomic mass is 9.99. The van der Waals surface area contributed by atoms with Crippen LogP contribution in [0.4, 0.5) is 0 Å². The molecule has 1 fully saturated rings. The lowest BCUT2D eigenvalue weighted by molar-refractivity contribution is 0.0667. The van der Waals surface area contributed by atoms with E-state index in [0.29, 0.717) is 42.9 Å². The molecule has 7 heteroatoms. The SMILES string of the molecule is Cc1ccc(-c2nn(-c3ccccc3)cc2C(=O)NC2CCN(C(=O)c3ccco3)CC2)c(C)c1. The summed E-state index contributed by atoms with van der Waals surface area (Å²) < 4.78 is 7.00. The zero-order chi connectivity index (χ0) is 24.4. The van der Waals surface area contributed by atoms with E-state index in [1.54, 1.807) is 27.9 Å². The molecule has 1 aliphatic rings. The largest absolute Gasteiger partial charge is 0.459 e. The number of likely N-dealkylation sites (tertiary alicyclic amines) is 1. The van der Waals surface area contributed by atoms with Crippen LogP contribution in [0.3, 0.4) is 0 Å². The van der Waals surface area contributed by atoms with Gasteiger partial charge in [0.05, 0.1) is 17.5 Å². The maximum absolute atomic E-state index is 13.5. The van der Waals surface area contributed by atoms with Crippen molar-refractivity contribution in [2.24, 2.45) is 0 Å². The molecule has 1 saturated heterocycles. The molecule has 1 aliphatic heterocycles. The van der Waals surface area contributed by atoms with Crippen LogP contribution in [0.25, 0.3) is 16.9 Å². The third-order valence-electron chi connectivity index (χ3n) is 6.47. The molecule has 0 aliphatic carbocycles. The Morgan fingerprint density at radius 3 is 2.46 bits per heavy atom. The molecular formula is C28H28N4O3. The number of aromatic nitrogens is 2. The Hall–Kier alpha value is -4.13. The van der Waals surface area contributed by atoms with E-state index in [2.05, 4.69) is 18.3 Å². The first-order valence-corrected chi connectivity index (χ1v) is 11.9. The molecule has 0 bridgehead atoms. The Bertz CT molecular complexity index is 1330. The minimum absolute atomic E-state index is 0.0183. The van der Waals surface area contributed by atoms with E-state index in [1.165, 1.54) is 6.26 Å². The van der Waals surface area contributed by atoms with Crippen molar-refractivity contribution in [1.82, 2.24) is 20.0 Å². The summed E-state index contributed by atoms with van der Waals surface area (Å²) in [4.78, 5) is 27.8. The van der Waals surface area contributed by atoms with Crippen molar-refractivity contribution in [1.29, 1.82) is 0 Å². The first-order chi connectivity index (χ1) is 17.0. The van der Waals surface area contributed by atoms with Gasteiger partial charge in [-0.25, -0.2) is 4.68 Å². The molecule has 3 heterocycles. The summed E-state index contributed by atoms with van der Waals surface area (Å²) in [6, 6.07) is 19.3. The predicted molar refractivity (Wildman–Crippen MR) is 134 cm³/mol. The molecule has 5 rings (SSSR count). The standard InChI is InChI=1S/C28H28N4O3/c1-19-10-11-23(20(2)17-19)26-24(18-32(30-26)22-7-4-3-5-8-22)27(33)29-21-12-14-31(15-13-21)28(34)25-9-6-16-35-25/h3-11,16-18,21H,12-15H2,1-2H3,(H,29,33). The number of para-hydroxylation sites is 1. The number of hydrogen-bond donors (Lipinski definition) is 1. The summed E-state index contributed by atoms with van der Waals surface area (Å²) in [7, 11) is 0. The Balaban J connectivity index is 1.36. The van der Waals surface area contributed by atoms with Crippen LogP contribution in [0, 0.1) is 13.8 Å². The molecule has 2 amide bonds. The van der Waals surface area contributed by atoms with Gasteiger partial charge in [-0.15, -0.1) is 0 Å². The summed E-state index contributed by atoms with van der Waals surface area (Å²) in [6.45, 7) is 5.22. The molecule has 7 nitrogen and oxygen atoms in total. The lowest BCUT2D eigenvalue weighted by Crippen LogP contribution is -2.46. The summed E-state index contributed by atoms with van der Waals surface area (Å²) in [5, 5.41) is 7.99. The third-order valence-corrected chi connectivity index (χ3v) is 6.47. The molecule has 4 aromatic rings. The average Bonchev–Trinajstić information content (AvgIpc) is 3.56. The molecule has 0 unspecified atom stereocenters. The number of nitrogens with zero attached hydrogens (tertiary/aromatic N) is 3. The highest BCUT2D eigenvalue weighted by Gasteiger charge is 2.27. The number of rotatable bonds is 5. The Morgan fingerprint density at radius 1 is 1.00 bits per heavy atom. The fourth-order valence-corrected chi connectivity index (χ4v) is 4.58. The highest BCUT2D eigenvalue weighted by Crippen LogP contribution is 2.28. The van der Waals surface area contributed by atoms with E-state index >= 15 is 0 Å². The van der Waals surface area contributed by atoms with E-state index in [0.717, 1.165) is 22.4 Å². The Labute approximate surface area is 204 Å².